The summed E-state index contributed by atoms with van der Waals surface area (Å²) >= 11 is 0. The number of fused-ring (bicyclic) bond motifs is 1. The lowest BCUT2D eigenvalue weighted by molar-refractivity contribution is -0.000332. The van der Waals surface area contributed by atoms with E-state index in [9.17, 15) is 5.11 Å². The number of nitrogens with one attached hydrogen (secondary N) is 1. The lowest BCUT2D eigenvalue weighted by atomic mass is 9.97. The summed E-state index contributed by atoms with van der Waals surface area (Å²) in [5.41, 5.74) is 5.33. The van der Waals surface area contributed by atoms with Gasteiger partial charge in [0.15, 0.2) is 0 Å². The molecule has 4 rings (SSSR count). The van der Waals surface area contributed by atoms with E-state index in [-0.39, 0.29) is 6.61 Å². The molecule has 0 saturated carbocycles. The van der Waals surface area contributed by atoms with Crippen LogP contribution in [-0.2, 0) is 6.54 Å². The van der Waals surface area contributed by atoms with Gasteiger partial charge in [0.25, 0.3) is 0 Å². The van der Waals surface area contributed by atoms with Gasteiger partial charge in [0, 0.05) is 67.5 Å². The molecule has 5 heteroatoms. The fourth-order valence-corrected chi connectivity index (χ4v) is 5.63. The molecule has 2 fully saturated rings. The quantitative estimate of drug-likeness (QED) is 0.762. The third-order valence-corrected chi connectivity index (χ3v) is 7.56. The van der Waals surface area contributed by atoms with Gasteiger partial charge >= 0.3 is 0 Å². The zero-order chi connectivity index (χ0) is 21.3. The number of hydrogen-bond donors (Lipinski definition) is 2. The number of piperazine rings is 1. The fourth-order valence-electron chi connectivity index (χ4n) is 5.63. The van der Waals surface area contributed by atoms with Crippen molar-refractivity contribution in [1.29, 1.82) is 0 Å². The molecular formula is C25H40N4O. The average Bonchev–Trinajstić information content (AvgIpc) is 3.06. The van der Waals surface area contributed by atoms with E-state index >= 15 is 0 Å². The average molecular weight is 413 g/mol. The van der Waals surface area contributed by atoms with Crippen molar-refractivity contribution in [3.63, 3.8) is 0 Å². The molecule has 1 aromatic heterocycles. The third kappa shape index (κ3) is 4.45. The summed E-state index contributed by atoms with van der Waals surface area (Å²) in [4.78, 5) is 11.6. The molecule has 3 heterocycles. The minimum atomic E-state index is 0.282. The summed E-state index contributed by atoms with van der Waals surface area (Å²) in [6.07, 6.45) is 3.41. The molecular weight excluding hydrogens is 372 g/mol. The monoisotopic (exact) mass is 412 g/mol. The van der Waals surface area contributed by atoms with Gasteiger partial charge in [0.2, 0.25) is 0 Å². The molecule has 1 aromatic carbocycles. The summed E-state index contributed by atoms with van der Waals surface area (Å²) in [6.45, 7) is 16.0. The van der Waals surface area contributed by atoms with Crippen LogP contribution in [0.3, 0.4) is 0 Å². The molecule has 2 saturated heterocycles. The summed E-state index contributed by atoms with van der Waals surface area (Å²) < 4.78 is 0. The van der Waals surface area contributed by atoms with E-state index in [0.717, 1.165) is 32.6 Å². The molecule has 2 aliphatic rings. The summed E-state index contributed by atoms with van der Waals surface area (Å²) in [6, 6.07) is 8.36. The number of aliphatic hydroxyl groups is 1. The normalized spacial score (nSPS) is 23.1. The van der Waals surface area contributed by atoms with Crippen LogP contribution in [0.2, 0.25) is 0 Å². The Hall–Kier alpha value is -1.40. The van der Waals surface area contributed by atoms with E-state index in [4.69, 9.17) is 0 Å². The number of aromatic nitrogens is 1. The smallest absolute Gasteiger partial charge is 0.0488 e. The van der Waals surface area contributed by atoms with Crippen molar-refractivity contribution < 1.29 is 5.11 Å². The number of piperidine rings is 1. The van der Waals surface area contributed by atoms with Crippen molar-refractivity contribution >= 4 is 10.9 Å². The first-order valence-electron chi connectivity index (χ1n) is 11.9. The Balaban J connectivity index is 1.42. The molecule has 0 radical (unpaired) electrons. The lowest BCUT2D eigenvalue weighted by Gasteiger charge is -2.48. The molecule has 5 nitrogen and oxygen atoms in total. The maximum atomic E-state index is 9.74. The van der Waals surface area contributed by atoms with Crippen LogP contribution in [0.25, 0.3) is 10.9 Å². The van der Waals surface area contributed by atoms with Crippen LogP contribution in [0, 0.1) is 13.8 Å². The fraction of sp³-hybridized carbons (Fsp3) is 0.680. The molecule has 0 spiro atoms. The van der Waals surface area contributed by atoms with Crippen LogP contribution < -0.4 is 0 Å². The van der Waals surface area contributed by atoms with Crippen molar-refractivity contribution in [2.75, 3.05) is 39.3 Å². The first-order valence-corrected chi connectivity index (χ1v) is 11.9. The second-order valence-corrected chi connectivity index (χ2v) is 9.73. The molecule has 2 aromatic rings. The number of nitrogens with zero attached hydrogens (tertiary/aromatic N) is 3. The number of aliphatic hydroxyl groups excluding tert-OH is 1. The highest BCUT2D eigenvalue weighted by molar-refractivity contribution is 5.86. The molecule has 2 N–H and O–H groups in total. The number of likely N-dealkylation sites (tertiary alicyclic amines) is 1. The molecule has 0 aliphatic carbocycles. The number of rotatable bonds is 6. The highest BCUT2D eigenvalue weighted by atomic mass is 16.3. The summed E-state index contributed by atoms with van der Waals surface area (Å²) in [5, 5.41) is 11.1. The van der Waals surface area contributed by atoms with Crippen LogP contribution >= 0.6 is 0 Å². The first kappa shape index (κ1) is 21.8. The topological polar surface area (TPSA) is 45.7 Å². The van der Waals surface area contributed by atoms with Crippen LogP contribution in [0.5, 0.6) is 0 Å². The second-order valence-electron chi connectivity index (χ2n) is 9.73. The Morgan fingerprint density at radius 1 is 1.10 bits per heavy atom. The van der Waals surface area contributed by atoms with Crippen LogP contribution in [0.4, 0.5) is 0 Å². The number of hydrogen-bond acceptors (Lipinski definition) is 4. The van der Waals surface area contributed by atoms with E-state index in [1.54, 1.807) is 0 Å². The first-order chi connectivity index (χ1) is 14.5. The van der Waals surface area contributed by atoms with Gasteiger partial charge in [0.1, 0.15) is 0 Å². The van der Waals surface area contributed by atoms with Gasteiger partial charge in [-0.2, -0.15) is 0 Å². The lowest BCUT2D eigenvalue weighted by Crippen LogP contribution is -2.58. The van der Waals surface area contributed by atoms with E-state index in [0.29, 0.717) is 18.1 Å². The zero-order valence-electron chi connectivity index (χ0n) is 19.3. The van der Waals surface area contributed by atoms with Gasteiger partial charge in [-0.25, -0.2) is 0 Å². The van der Waals surface area contributed by atoms with Crippen molar-refractivity contribution in [1.82, 2.24) is 19.7 Å². The number of aryl methyl sites for hydroxylation is 2. The molecule has 0 amide bonds. The summed E-state index contributed by atoms with van der Waals surface area (Å²) in [7, 11) is 0. The van der Waals surface area contributed by atoms with Crippen LogP contribution in [-0.4, -0.2) is 82.2 Å². The maximum Gasteiger partial charge on any atom is 0.0488 e. The predicted octanol–water partition coefficient (Wildman–Crippen LogP) is 3.53. The second kappa shape index (κ2) is 9.39. The number of H-pyrrole nitrogens is 1. The molecule has 30 heavy (non-hydrogen) atoms. The van der Waals surface area contributed by atoms with Gasteiger partial charge in [-0.1, -0.05) is 18.2 Å². The van der Waals surface area contributed by atoms with E-state index in [1.807, 2.05) is 0 Å². The standard InChI is InChI=1S/C25H40N4O/c1-18(2)28-11-8-21(9-12-28)29-14-13-27(16-22(29)10-15-30)17-24-20(4)23-7-5-6-19(3)25(23)26-24/h5-7,18,21-22,26,30H,8-17H2,1-4H3. The van der Waals surface area contributed by atoms with Crippen molar-refractivity contribution in [3.05, 3.63) is 35.0 Å². The summed E-state index contributed by atoms with van der Waals surface area (Å²) in [5.74, 6) is 0. The third-order valence-electron chi connectivity index (χ3n) is 7.56. The van der Waals surface area contributed by atoms with Crippen LogP contribution in [0.15, 0.2) is 18.2 Å². The minimum absolute atomic E-state index is 0.282. The van der Waals surface area contributed by atoms with Gasteiger partial charge < -0.3 is 15.0 Å². The van der Waals surface area contributed by atoms with Crippen molar-refractivity contribution in [3.8, 4) is 0 Å². The SMILES string of the molecule is Cc1c(CN2CCN(C3CCN(C(C)C)CC3)C(CCO)C2)[nH]c2c(C)cccc12. The van der Waals surface area contributed by atoms with Gasteiger partial charge in [-0.05, 0) is 71.2 Å². The number of para-hydroxylation sites is 1. The van der Waals surface area contributed by atoms with Crippen molar-refractivity contribution in [2.24, 2.45) is 0 Å². The van der Waals surface area contributed by atoms with Gasteiger partial charge in [-0.3, -0.25) is 9.80 Å². The van der Waals surface area contributed by atoms with Gasteiger partial charge in [0.05, 0.1) is 0 Å². The minimum Gasteiger partial charge on any atom is -0.396 e. The Bertz CT molecular complexity index is 837. The van der Waals surface area contributed by atoms with E-state index in [2.05, 4.69) is 65.6 Å². The van der Waals surface area contributed by atoms with E-state index < -0.39 is 0 Å². The Morgan fingerprint density at radius 3 is 2.53 bits per heavy atom. The molecule has 1 atom stereocenters. The largest absolute Gasteiger partial charge is 0.396 e. The Morgan fingerprint density at radius 2 is 1.87 bits per heavy atom. The van der Waals surface area contributed by atoms with Crippen LogP contribution in [0.1, 0.15) is 49.9 Å². The molecule has 2 aliphatic heterocycles. The van der Waals surface area contributed by atoms with Gasteiger partial charge in [-0.15, -0.1) is 0 Å². The zero-order valence-corrected chi connectivity index (χ0v) is 19.3. The Kier molecular flexibility index (Phi) is 6.83. The Labute approximate surface area is 182 Å². The number of benzene rings is 1. The van der Waals surface area contributed by atoms with E-state index in [1.165, 1.54) is 53.7 Å². The predicted molar refractivity (Wildman–Crippen MR) is 125 cm³/mol. The maximum absolute atomic E-state index is 9.74. The number of aromatic amines is 1. The highest BCUT2D eigenvalue weighted by Gasteiger charge is 2.34. The molecule has 0 bridgehead atoms. The molecule has 166 valence electrons. The molecule has 1 unspecified atom stereocenters. The van der Waals surface area contributed by atoms with Crippen molar-refractivity contribution in [2.45, 2.75) is 71.6 Å². The highest BCUT2D eigenvalue weighted by Crippen LogP contribution is 2.28.